The predicted molar refractivity (Wildman–Crippen MR) is 50.1 cm³/mol. The first kappa shape index (κ1) is 17.5. The van der Waals surface area contributed by atoms with Gasteiger partial charge >= 0.3 is 18.3 Å². The number of carboxylic acids is 1. The molecule has 0 spiro atoms. The van der Waals surface area contributed by atoms with Crippen LogP contribution in [-0.4, -0.2) is 35.4 Å². The summed E-state index contributed by atoms with van der Waals surface area (Å²) in [5.74, 6) is -8.35. The SMILES string of the molecule is CCC[C@H](NC(=O)C(C(F)(F)F)C(F)(F)F)C(=O)O. The van der Waals surface area contributed by atoms with E-state index in [4.69, 9.17) is 5.11 Å². The Morgan fingerprint density at radius 2 is 1.53 bits per heavy atom. The molecule has 0 unspecified atom stereocenters. The van der Waals surface area contributed by atoms with Gasteiger partial charge in [0.25, 0.3) is 0 Å². The van der Waals surface area contributed by atoms with Gasteiger partial charge in [0, 0.05) is 0 Å². The molecular formula is C9H11F6NO3. The van der Waals surface area contributed by atoms with E-state index in [0.717, 1.165) is 0 Å². The Kier molecular flexibility index (Phi) is 5.63. The van der Waals surface area contributed by atoms with Crippen LogP contribution in [0.15, 0.2) is 0 Å². The van der Waals surface area contributed by atoms with Gasteiger partial charge in [-0.15, -0.1) is 0 Å². The Bertz CT molecular complexity index is 324. The summed E-state index contributed by atoms with van der Waals surface area (Å²) in [7, 11) is 0. The molecule has 0 aliphatic carbocycles. The second-order valence-electron chi connectivity index (χ2n) is 3.70. The first-order valence-electron chi connectivity index (χ1n) is 5.07. The molecule has 0 aliphatic rings. The number of aliphatic carboxylic acids is 1. The van der Waals surface area contributed by atoms with Crippen LogP contribution >= 0.6 is 0 Å². The minimum atomic E-state index is -5.84. The minimum Gasteiger partial charge on any atom is -0.480 e. The lowest BCUT2D eigenvalue weighted by Crippen LogP contribution is -2.52. The molecule has 0 fully saturated rings. The lowest BCUT2D eigenvalue weighted by molar-refractivity contribution is -0.274. The molecule has 2 N–H and O–H groups in total. The summed E-state index contributed by atoms with van der Waals surface area (Å²) in [6.07, 6.45) is -11.8. The zero-order chi connectivity index (χ0) is 15.4. The highest BCUT2D eigenvalue weighted by Crippen LogP contribution is 2.39. The Morgan fingerprint density at radius 3 is 1.79 bits per heavy atom. The van der Waals surface area contributed by atoms with E-state index < -0.39 is 36.2 Å². The summed E-state index contributed by atoms with van der Waals surface area (Å²) in [4.78, 5) is 21.6. The van der Waals surface area contributed by atoms with Crippen molar-refractivity contribution in [3.05, 3.63) is 0 Å². The molecule has 19 heavy (non-hydrogen) atoms. The fraction of sp³-hybridized carbons (Fsp3) is 0.778. The van der Waals surface area contributed by atoms with Gasteiger partial charge in [0.05, 0.1) is 0 Å². The number of hydrogen-bond donors (Lipinski definition) is 2. The lowest BCUT2D eigenvalue weighted by atomic mass is 10.1. The van der Waals surface area contributed by atoms with Crippen LogP contribution in [-0.2, 0) is 9.59 Å². The van der Waals surface area contributed by atoms with E-state index in [-0.39, 0.29) is 12.8 Å². The van der Waals surface area contributed by atoms with Gasteiger partial charge in [-0.25, -0.2) is 4.79 Å². The molecule has 0 aliphatic heterocycles. The average Bonchev–Trinajstić information content (AvgIpc) is 2.11. The molecule has 0 radical (unpaired) electrons. The van der Waals surface area contributed by atoms with Crippen LogP contribution in [0.1, 0.15) is 19.8 Å². The van der Waals surface area contributed by atoms with Crippen molar-refractivity contribution >= 4 is 11.9 Å². The Labute approximate surface area is 103 Å². The van der Waals surface area contributed by atoms with Crippen molar-refractivity contribution in [3.63, 3.8) is 0 Å². The number of rotatable bonds is 5. The predicted octanol–water partition coefficient (Wildman–Crippen LogP) is 2.10. The minimum absolute atomic E-state index is 0.167. The van der Waals surface area contributed by atoms with Gasteiger partial charge in [-0.1, -0.05) is 13.3 Å². The molecule has 1 amide bonds. The van der Waals surface area contributed by atoms with Gasteiger partial charge in [-0.05, 0) is 6.42 Å². The third kappa shape index (κ3) is 5.35. The van der Waals surface area contributed by atoms with Crippen molar-refractivity contribution in [1.29, 1.82) is 0 Å². The second kappa shape index (κ2) is 6.11. The summed E-state index contributed by atoms with van der Waals surface area (Å²) in [5.41, 5.74) is 0. The molecule has 0 saturated carbocycles. The third-order valence-electron chi connectivity index (χ3n) is 2.11. The van der Waals surface area contributed by atoms with E-state index >= 15 is 0 Å². The van der Waals surface area contributed by atoms with Crippen molar-refractivity contribution in [2.24, 2.45) is 5.92 Å². The monoisotopic (exact) mass is 295 g/mol. The van der Waals surface area contributed by atoms with E-state index in [1.54, 1.807) is 0 Å². The van der Waals surface area contributed by atoms with Crippen molar-refractivity contribution in [2.75, 3.05) is 0 Å². The van der Waals surface area contributed by atoms with Gasteiger partial charge in [0.2, 0.25) is 11.8 Å². The number of amides is 1. The number of nitrogens with one attached hydrogen (secondary N) is 1. The molecule has 10 heteroatoms. The number of hydrogen-bond acceptors (Lipinski definition) is 2. The molecule has 112 valence electrons. The first-order valence-corrected chi connectivity index (χ1v) is 5.07. The van der Waals surface area contributed by atoms with Crippen molar-refractivity contribution in [3.8, 4) is 0 Å². The molecule has 0 rings (SSSR count). The smallest absolute Gasteiger partial charge is 0.409 e. The van der Waals surface area contributed by atoms with Crippen LogP contribution in [0.2, 0.25) is 0 Å². The number of halogens is 6. The highest BCUT2D eigenvalue weighted by atomic mass is 19.4. The summed E-state index contributed by atoms with van der Waals surface area (Å²) in [6.45, 7) is 1.47. The van der Waals surface area contributed by atoms with Gasteiger partial charge in [0.1, 0.15) is 6.04 Å². The second-order valence-corrected chi connectivity index (χ2v) is 3.70. The number of carboxylic acid groups (broad SMARTS) is 1. The summed E-state index contributed by atoms with van der Waals surface area (Å²) in [6, 6.07) is -1.79. The first-order chi connectivity index (χ1) is 8.41. The Hall–Kier alpha value is -1.48. The molecule has 1 atom stereocenters. The molecule has 0 aromatic rings. The van der Waals surface area contributed by atoms with Crippen molar-refractivity contribution in [1.82, 2.24) is 5.32 Å². The quantitative estimate of drug-likeness (QED) is 0.763. The highest BCUT2D eigenvalue weighted by molar-refractivity contribution is 5.85. The largest absolute Gasteiger partial charge is 0.480 e. The van der Waals surface area contributed by atoms with Crippen LogP contribution in [0.5, 0.6) is 0 Å². The zero-order valence-electron chi connectivity index (χ0n) is 9.60. The van der Waals surface area contributed by atoms with Gasteiger partial charge in [-0.2, -0.15) is 26.3 Å². The highest BCUT2D eigenvalue weighted by Gasteiger charge is 2.61. The maximum Gasteiger partial charge on any atom is 0.409 e. The number of alkyl halides is 6. The maximum absolute atomic E-state index is 12.2. The summed E-state index contributed by atoms with van der Waals surface area (Å²) in [5, 5.41) is 9.82. The van der Waals surface area contributed by atoms with E-state index in [1.807, 2.05) is 0 Å². The number of carbonyl (C=O) groups excluding carboxylic acids is 1. The fourth-order valence-corrected chi connectivity index (χ4v) is 1.28. The lowest BCUT2D eigenvalue weighted by Gasteiger charge is -2.23. The maximum atomic E-state index is 12.2. The zero-order valence-corrected chi connectivity index (χ0v) is 9.60. The molecule has 4 nitrogen and oxygen atoms in total. The van der Waals surface area contributed by atoms with Gasteiger partial charge in [0.15, 0.2) is 0 Å². The topological polar surface area (TPSA) is 66.4 Å². The Morgan fingerprint density at radius 1 is 1.11 bits per heavy atom. The third-order valence-corrected chi connectivity index (χ3v) is 2.11. The van der Waals surface area contributed by atoms with Crippen molar-refractivity contribution < 1.29 is 41.0 Å². The van der Waals surface area contributed by atoms with Crippen LogP contribution in [0.25, 0.3) is 0 Å². The van der Waals surface area contributed by atoms with Crippen LogP contribution < -0.4 is 5.32 Å². The van der Waals surface area contributed by atoms with Crippen LogP contribution in [0, 0.1) is 5.92 Å². The Balaban J connectivity index is 5.08. The van der Waals surface area contributed by atoms with Gasteiger partial charge < -0.3 is 10.4 Å². The normalized spacial score (nSPS) is 14.3. The van der Waals surface area contributed by atoms with Crippen molar-refractivity contribution in [2.45, 2.75) is 38.2 Å². The van der Waals surface area contributed by atoms with E-state index in [2.05, 4.69) is 0 Å². The molecule has 0 heterocycles. The molecule has 0 aromatic carbocycles. The average molecular weight is 295 g/mol. The number of carbonyl (C=O) groups is 2. The van der Waals surface area contributed by atoms with Crippen LogP contribution in [0.4, 0.5) is 26.3 Å². The van der Waals surface area contributed by atoms with E-state index in [1.165, 1.54) is 12.2 Å². The standard InChI is InChI=1S/C9H11F6NO3/c1-2-3-4(7(18)19)16-6(17)5(8(10,11)12)9(13,14)15/h4-5H,2-3H2,1H3,(H,16,17)(H,18,19)/t4-/m0/s1. The molecule has 0 aromatic heterocycles. The molecule has 0 bridgehead atoms. The van der Waals surface area contributed by atoms with Crippen LogP contribution in [0.3, 0.4) is 0 Å². The van der Waals surface area contributed by atoms with E-state index in [0.29, 0.717) is 0 Å². The summed E-state index contributed by atoms with van der Waals surface area (Å²) >= 11 is 0. The summed E-state index contributed by atoms with van der Waals surface area (Å²) < 4.78 is 73.1. The van der Waals surface area contributed by atoms with Gasteiger partial charge in [-0.3, -0.25) is 4.79 Å². The molecular weight excluding hydrogens is 284 g/mol. The fourth-order valence-electron chi connectivity index (χ4n) is 1.28. The van der Waals surface area contributed by atoms with E-state index in [9.17, 15) is 35.9 Å². The molecule has 0 saturated heterocycles.